The van der Waals surface area contributed by atoms with E-state index in [1.165, 1.54) is 7.11 Å². The van der Waals surface area contributed by atoms with Gasteiger partial charge in [0.25, 0.3) is 0 Å². The van der Waals surface area contributed by atoms with E-state index in [0.717, 1.165) is 10.5 Å². The number of ether oxygens (including phenoxy) is 1. The highest BCUT2D eigenvalue weighted by atomic mass is 79.9. The first-order valence-electron chi connectivity index (χ1n) is 6.25. The number of halogens is 3. The van der Waals surface area contributed by atoms with Crippen molar-refractivity contribution in [2.75, 3.05) is 24.3 Å². The maximum Gasteiger partial charge on any atom is 0.169 e. The Kier molecular flexibility index (Phi) is 4.95. The van der Waals surface area contributed by atoms with Gasteiger partial charge in [0.1, 0.15) is 5.75 Å². The standard InChI is InChI=1S/C14H14BrF2N3O/c1-3-18-13-11(16)7-12(17)14(20-13)19-9-4-8(15)5-10(6-9)21-2/h4-7H,3H2,1-2H3,(H2,18,19,20). The van der Waals surface area contributed by atoms with Gasteiger partial charge in [-0.2, -0.15) is 0 Å². The summed E-state index contributed by atoms with van der Waals surface area (Å²) in [6.45, 7) is 2.29. The molecule has 1 aromatic carbocycles. The van der Waals surface area contributed by atoms with Gasteiger partial charge in [-0.1, -0.05) is 15.9 Å². The number of benzene rings is 1. The first kappa shape index (κ1) is 15.5. The molecular weight excluding hydrogens is 344 g/mol. The van der Waals surface area contributed by atoms with Crippen LogP contribution in [-0.2, 0) is 0 Å². The maximum atomic E-state index is 13.8. The Balaban J connectivity index is 2.34. The normalized spacial score (nSPS) is 10.3. The lowest BCUT2D eigenvalue weighted by Gasteiger charge is -2.11. The molecule has 0 aliphatic rings. The van der Waals surface area contributed by atoms with Crippen molar-refractivity contribution in [3.8, 4) is 5.75 Å². The molecule has 0 unspecified atom stereocenters. The molecule has 2 rings (SSSR count). The predicted octanol–water partition coefficient (Wildman–Crippen LogP) is 4.31. The molecule has 1 aromatic heterocycles. The SMILES string of the molecule is CCNc1nc(Nc2cc(Br)cc(OC)c2)c(F)cc1F. The minimum Gasteiger partial charge on any atom is -0.497 e. The van der Waals surface area contributed by atoms with E-state index < -0.39 is 11.6 Å². The van der Waals surface area contributed by atoms with Gasteiger partial charge in [0, 0.05) is 28.8 Å². The second kappa shape index (κ2) is 6.71. The van der Waals surface area contributed by atoms with Crippen LogP contribution >= 0.6 is 15.9 Å². The highest BCUT2D eigenvalue weighted by Crippen LogP contribution is 2.28. The smallest absolute Gasteiger partial charge is 0.169 e. The van der Waals surface area contributed by atoms with Gasteiger partial charge < -0.3 is 15.4 Å². The van der Waals surface area contributed by atoms with E-state index in [-0.39, 0.29) is 11.6 Å². The number of nitrogens with one attached hydrogen (secondary N) is 2. The maximum absolute atomic E-state index is 13.8. The number of methoxy groups -OCH3 is 1. The number of aromatic nitrogens is 1. The molecule has 21 heavy (non-hydrogen) atoms. The second-order valence-corrected chi connectivity index (χ2v) is 5.10. The first-order chi connectivity index (χ1) is 10.0. The molecule has 4 nitrogen and oxygen atoms in total. The molecule has 2 N–H and O–H groups in total. The Hall–Kier alpha value is -1.89. The molecule has 0 radical (unpaired) electrons. The quantitative estimate of drug-likeness (QED) is 0.836. The summed E-state index contributed by atoms with van der Waals surface area (Å²) in [5, 5.41) is 5.55. The van der Waals surface area contributed by atoms with Crippen molar-refractivity contribution < 1.29 is 13.5 Å². The van der Waals surface area contributed by atoms with Crippen LogP contribution in [0, 0.1) is 11.6 Å². The van der Waals surface area contributed by atoms with Gasteiger partial charge in [-0.25, -0.2) is 13.8 Å². The van der Waals surface area contributed by atoms with Crippen LogP contribution in [0.3, 0.4) is 0 Å². The summed E-state index contributed by atoms with van der Waals surface area (Å²) in [4.78, 5) is 3.91. The molecule has 1 heterocycles. The monoisotopic (exact) mass is 357 g/mol. The first-order valence-corrected chi connectivity index (χ1v) is 7.04. The third-order valence-corrected chi connectivity index (χ3v) is 3.10. The fourth-order valence-corrected chi connectivity index (χ4v) is 2.21. The van der Waals surface area contributed by atoms with E-state index in [1.807, 2.05) is 0 Å². The molecule has 0 atom stereocenters. The van der Waals surface area contributed by atoms with E-state index >= 15 is 0 Å². The highest BCUT2D eigenvalue weighted by molar-refractivity contribution is 9.10. The number of anilines is 3. The Labute approximate surface area is 129 Å². The average Bonchev–Trinajstić information content (AvgIpc) is 2.43. The molecule has 7 heteroatoms. The van der Waals surface area contributed by atoms with Crippen LogP contribution in [0.15, 0.2) is 28.7 Å². The van der Waals surface area contributed by atoms with Crippen molar-refractivity contribution in [3.05, 3.63) is 40.4 Å². The average molecular weight is 358 g/mol. The Bertz CT molecular complexity index is 652. The molecule has 0 aliphatic heterocycles. The van der Waals surface area contributed by atoms with Crippen molar-refractivity contribution >= 4 is 33.3 Å². The highest BCUT2D eigenvalue weighted by Gasteiger charge is 2.12. The van der Waals surface area contributed by atoms with Gasteiger partial charge in [0.05, 0.1) is 7.11 Å². The Morgan fingerprint density at radius 2 is 1.86 bits per heavy atom. The summed E-state index contributed by atoms with van der Waals surface area (Å²) in [5.74, 6) is -0.961. The fraction of sp³-hybridized carbons (Fsp3) is 0.214. The van der Waals surface area contributed by atoms with Crippen LogP contribution in [0.5, 0.6) is 5.75 Å². The molecule has 2 aromatic rings. The fourth-order valence-electron chi connectivity index (χ4n) is 1.74. The van der Waals surface area contributed by atoms with Gasteiger partial charge in [0.2, 0.25) is 0 Å². The number of rotatable bonds is 5. The molecule has 0 saturated carbocycles. The van der Waals surface area contributed by atoms with Crippen LogP contribution in [0.1, 0.15) is 6.92 Å². The molecule has 0 saturated heterocycles. The lowest BCUT2D eigenvalue weighted by Crippen LogP contribution is -2.06. The number of nitrogens with zero attached hydrogens (tertiary/aromatic N) is 1. The van der Waals surface area contributed by atoms with Crippen LogP contribution in [0.25, 0.3) is 0 Å². The summed E-state index contributed by atoms with van der Waals surface area (Å²) in [7, 11) is 1.53. The largest absolute Gasteiger partial charge is 0.497 e. The van der Waals surface area contributed by atoms with Gasteiger partial charge in [-0.15, -0.1) is 0 Å². The summed E-state index contributed by atoms with van der Waals surface area (Å²) < 4.78 is 33.2. The predicted molar refractivity (Wildman–Crippen MR) is 82.3 cm³/mol. The van der Waals surface area contributed by atoms with Crippen molar-refractivity contribution in [3.63, 3.8) is 0 Å². The summed E-state index contributed by atoms with van der Waals surface area (Å²) in [6, 6.07) is 5.98. The van der Waals surface area contributed by atoms with Gasteiger partial charge in [-0.05, 0) is 19.1 Å². The molecule has 0 amide bonds. The third kappa shape index (κ3) is 3.81. The minimum atomic E-state index is -0.770. The van der Waals surface area contributed by atoms with E-state index in [1.54, 1.807) is 25.1 Å². The van der Waals surface area contributed by atoms with E-state index in [9.17, 15) is 8.78 Å². The third-order valence-electron chi connectivity index (χ3n) is 2.64. The lowest BCUT2D eigenvalue weighted by molar-refractivity contribution is 0.415. The molecule has 0 bridgehead atoms. The van der Waals surface area contributed by atoms with Gasteiger partial charge in [0.15, 0.2) is 23.3 Å². The van der Waals surface area contributed by atoms with Crippen molar-refractivity contribution in [1.82, 2.24) is 4.98 Å². The van der Waals surface area contributed by atoms with E-state index in [2.05, 4.69) is 31.5 Å². The Morgan fingerprint density at radius 3 is 2.52 bits per heavy atom. The topological polar surface area (TPSA) is 46.2 Å². The molecular formula is C14H14BrF2N3O. The number of hydrogen-bond donors (Lipinski definition) is 2. The van der Waals surface area contributed by atoms with Gasteiger partial charge in [-0.3, -0.25) is 0 Å². The zero-order valence-electron chi connectivity index (χ0n) is 11.5. The van der Waals surface area contributed by atoms with Crippen LogP contribution in [-0.4, -0.2) is 18.6 Å². The zero-order valence-corrected chi connectivity index (χ0v) is 13.1. The van der Waals surface area contributed by atoms with Crippen LogP contribution in [0.4, 0.5) is 26.1 Å². The van der Waals surface area contributed by atoms with E-state index in [4.69, 9.17) is 4.74 Å². The lowest BCUT2D eigenvalue weighted by atomic mass is 10.3. The summed E-state index contributed by atoms with van der Waals surface area (Å²) in [6.07, 6.45) is 0. The van der Waals surface area contributed by atoms with Crippen LogP contribution in [0.2, 0.25) is 0 Å². The van der Waals surface area contributed by atoms with Gasteiger partial charge >= 0.3 is 0 Å². The Morgan fingerprint density at radius 1 is 1.14 bits per heavy atom. The minimum absolute atomic E-state index is 0.00311. The molecule has 0 spiro atoms. The molecule has 0 aliphatic carbocycles. The van der Waals surface area contributed by atoms with Crippen molar-refractivity contribution in [1.29, 1.82) is 0 Å². The summed E-state index contributed by atoms with van der Waals surface area (Å²) in [5.41, 5.74) is 0.571. The van der Waals surface area contributed by atoms with Crippen molar-refractivity contribution in [2.45, 2.75) is 6.92 Å². The molecule has 0 fully saturated rings. The van der Waals surface area contributed by atoms with E-state index in [0.29, 0.717) is 18.0 Å². The molecule has 112 valence electrons. The number of hydrogen-bond acceptors (Lipinski definition) is 4. The van der Waals surface area contributed by atoms with Crippen molar-refractivity contribution in [2.24, 2.45) is 0 Å². The number of pyridine rings is 1. The zero-order chi connectivity index (χ0) is 15.4. The summed E-state index contributed by atoms with van der Waals surface area (Å²) >= 11 is 3.33. The van der Waals surface area contributed by atoms with Crippen LogP contribution < -0.4 is 15.4 Å². The second-order valence-electron chi connectivity index (χ2n) is 4.18.